The predicted octanol–water partition coefficient (Wildman–Crippen LogP) is -1.12. The van der Waals surface area contributed by atoms with Gasteiger partial charge in [-0.2, -0.15) is 4.34 Å². The smallest absolute Gasteiger partial charge is 0.272 e. The van der Waals surface area contributed by atoms with E-state index in [-0.39, 0.29) is 12.4 Å². The second-order valence-corrected chi connectivity index (χ2v) is 3.06. The van der Waals surface area contributed by atoms with Gasteiger partial charge in [-0.05, 0) is 23.7 Å². The molecule has 1 aromatic rings. The molecule has 1 rings (SSSR count). The fourth-order valence-electron chi connectivity index (χ4n) is 0.557. The molecule has 0 aromatic carbocycles. The van der Waals surface area contributed by atoms with E-state index in [1.54, 1.807) is 0 Å². The SMILES string of the molecule is Cc1cc[n+](PCl)cc1.[Cl-]. The van der Waals surface area contributed by atoms with Crippen LogP contribution in [0.2, 0.25) is 0 Å². The molecule has 1 atom stereocenters. The molecular weight excluding hydrogens is 188 g/mol. The molecular formula is C6H8Cl2NP. The second-order valence-electron chi connectivity index (χ2n) is 1.87. The van der Waals surface area contributed by atoms with Crippen LogP contribution >= 0.6 is 19.3 Å². The number of aromatic nitrogens is 1. The summed E-state index contributed by atoms with van der Waals surface area (Å²) in [7, 11) is 0.315. The highest BCUT2D eigenvalue weighted by molar-refractivity contribution is 7.62. The average molecular weight is 196 g/mol. The van der Waals surface area contributed by atoms with Gasteiger partial charge in [-0.1, -0.05) is 0 Å². The van der Waals surface area contributed by atoms with Crippen molar-refractivity contribution >= 4 is 19.3 Å². The van der Waals surface area contributed by atoms with Gasteiger partial charge < -0.3 is 12.4 Å². The lowest BCUT2D eigenvalue weighted by atomic mass is 10.3. The molecule has 0 aliphatic rings. The number of halogens is 2. The third-order valence-corrected chi connectivity index (χ3v) is 2.17. The molecule has 56 valence electrons. The summed E-state index contributed by atoms with van der Waals surface area (Å²) in [4.78, 5) is 0. The summed E-state index contributed by atoms with van der Waals surface area (Å²) in [5.74, 6) is 0. The molecule has 1 unspecified atom stereocenters. The van der Waals surface area contributed by atoms with Crippen molar-refractivity contribution in [1.82, 2.24) is 0 Å². The van der Waals surface area contributed by atoms with Crippen molar-refractivity contribution in [1.29, 1.82) is 0 Å². The van der Waals surface area contributed by atoms with Crippen molar-refractivity contribution < 1.29 is 16.7 Å². The molecule has 0 fully saturated rings. The Morgan fingerprint density at radius 2 is 1.90 bits per heavy atom. The number of pyridine rings is 1. The molecule has 0 radical (unpaired) electrons. The van der Waals surface area contributed by atoms with Gasteiger partial charge in [0.25, 0.3) is 8.08 Å². The highest BCUT2D eigenvalue weighted by atomic mass is 35.7. The van der Waals surface area contributed by atoms with Crippen LogP contribution in [0.5, 0.6) is 0 Å². The van der Waals surface area contributed by atoms with E-state index in [4.69, 9.17) is 11.2 Å². The fraction of sp³-hybridized carbons (Fsp3) is 0.167. The summed E-state index contributed by atoms with van der Waals surface area (Å²) in [6.45, 7) is 2.06. The molecule has 0 saturated carbocycles. The summed E-state index contributed by atoms with van der Waals surface area (Å²) in [5.41, 5.74) is 1.26. The van der Waals surface area contributed by atoms with Crippen molar-refractivity contribution in [3.05, 3.63) is 30.1 Å². The summed E-state index contributed by atoms with van der Waals surface area (Å²) >= 11 is 5.57. The fourth-order valence-corrected chi connectivity index (χ4v) is 1.16. The van der Waals surface area contributed by atoms with Crippen molar-refractivity contribution in [2.45, 2.75) is 6.92 Å². The Labute approximate surface area is 73.4 Å². The maximum absolute atomic E-state index is 5.57. The van der Waals surface area contributed by atoms with E-state index < -0.39 is 0 Å². The number of hydrogen-bond acceptors (Lipinski definition) is 0. The largest absolute Gasteiger partial charge is 1.00 e. The predicted molar refractivity (Wildman–Crippen MR) is 40.9 cm³/mol. The molecule has 1 nitrogen and oxygen atoms in total. The molecule has 0 saturated heterocycles. The first-order valence-corrected chi connectivity index (χ1v) is 4.63. The van der Waals surface area contributed by atoms with Gasteiger partial charge in [0.1, 0.15) is 0 Å². The zero-order chi connectivity index (χ0) is 6.69. The van der Waals surface area contributed by atoms with E-state index in [1.165, 1.54) is 5.56 Å². The van der Waals surface area contributed by atoms with E-state index in [0.717, 1.165) is 0 Å². The van der Waals surface area contributed by atoms with Crippen LogP contribution in [0.15, 0.2) is 24.5 Å². The standard InChI is InChI=1S/C6H8ClNP.ClH/c1-6-2-4-8(9-7)5-3-6;/h2-5,9H,1H3;1H/q+1;/p-1. The molecule has 0 N–H and O–H groups in total. The topological polar surface area (TPSA) is 3.88 Å². The molecule has 1 aromatic heterocycles. The minimum Gasteiger partial charge on any atom is -1.00 e. The monoisotopic (exact) mass is 195 g/mol. The van der Waals surface area contributed by atoms with Crippen molar-refractivity contribution in [3.8, 4) is 0 Å². The van der Waals surface area contributed by atoms with Crippen LogP contribution in [0.4, 0.5) is 0 Å². The summed E-state index contributed by atoms with van der Waals surface area (Å²) in [6.07, 6.45) is 3.95. The van der Waals surface area contributed by atoms with Crippen LogP contribution in [0.3, 0.4) is 0 Å². The van der Waals surface area contributed by atoms with Crippen LogP contribution in [0, 0.1) is 6.92 Å². The van der Waals surface area contributed by atoms with E-state index >= 15 is 0 Å². The van der Waals surface area contributed by atoms with E-state index in [0.29, 0.717) is 8.08 Å². The Kier molecular flexibility index (Phi) is 4.98. The Morgan fingerprint density at radius 1 is 1.40 bits per heavy atom. The van der Waals surface area contributed by atoms with Gasteiger partial charge in [-0.15, -0.1) is 0 Å². The first kappa shape index (κ1) is 10.2. The lowest BCUT2D eigenvalue weighted by molar-refractivity contribution is -0.502. The molecule has 0 aliphatic carbocycles. The minimum atomic E-state index is 0. The Hall–Kier alpha value is 0.160. The van der Waals surface area contributed by atoms with E-state index in [2.05, 4.69) is 6.92 Å². The molecule has 0 amide bonds. The van der Waals surface area contributed by atoms with Gasteiger partial charge in [-0.25, -0.2) is 0 Å². The van der Waals surface area contributed by atoms with Gasteiger partial charge >= 0.3 is 0 Å². The highest BCUT2D eigenvalue weighted by Crippen LogP contribution is 2.07. The lowest BCUT2D eigenvalue weighted by Crippen LogP contribution is -3.00. The number of nitrogens with zero attached hydrogens (tertiary/aromatic N) is 1. The van der Waals surface area contributed by atoms with E-state index in [1.807, 2.05) is 28.9 Å². The van der Waals surface area contributed by atoms with Crippen LogP contribution in [-0.2, 0) is 0 Å². The molecule has 0 spiro atoms. The van der Waals surface area contributed by atoms with Gasteiger partial charge in [0.15, 0.2) is 12.4 Å². The van der Waals surface area contributed by atoms with Gasteiger partial charge in [0.2, 0.25) is 0 Å². The third-order valence-electron chi connectivity index (χ3n) is 1.09. The van der Waals surface area contributed by atoms with Gasteiger partial charge in [-0.3, -0.25) is 0 Å². The normalized spacial score (nSPS) is 9.80. The molecule has 1 heterocycles. The summed E-state index contributed by atoms with van der Waals surface area (Å²) in [6, 6.07) is 4.07. The molecule has 0 bridgehead atoms. The Balaban J connectivity index is 0.000000810. The maximum atomic E-state index is 5.57. The third kappa shape index (κ3) is 2.83. The van der Waals surface area contributed by atoms with Crippen molar-refractivity contribution in [2.75, 3.05) is 0 Å². The van der Waals surface area contributed by atoms with Crippen molar-refractivity contribution in [2.24, 2.45) is 0 Å². The molecule has 0 aliphatic heterocycles. The van der Waals surface area contributed by atoms with E-state index in [9.17, 15) is 0 Å². The average Bonchev–Trinajstić information content (AvgIpc) is 1.90. The highest BCUT2D eigenvalue weighted by Gasteiger charge is 1.93. The maximum Gasteiger partial charge on any atom is 0.272 e. The number of aryl methyl sites for hydroxylation is 1. The number of hydrogen-bond donors (Lipinski definition) is 0. The van der Waals surface area contributed by atoms with Crippen molar-refractivity contribution in [3.63, 3.8) is 0 Å². The zero-order valence-corrected chi connectivity index (χ0v) is 8.02. The minimum absolute atomic E-state index is 0. The number of rotatable bonds is 1. The van der Waals surface area contributed by atoms with Gasteiger partial charge in [0, 0.05) is 12.1 Å². The lowest BCUT2D eigenvalue weighted by Gasteiger charge is -1.87. The molecule has 4 heteroatoms. The quantitative estimate of drug-likeness (QED) is 0.501. The second kappa shape index (κ2) is 4.90. The molecule has 10 heavy (non-hydrogen) atoms. The Morgan fingerprint density at radius 3 is 2.30 bits per heavy atom. The zero-order valence-electron chi connectivity index (χ0n) is 5.51. The van der Waals surface area contributed by atoms with Crippen LogP contribution in [-0.4, -0.2) is 0 Å². The van der Waals surface area contributed by atoms with Crippen LogP contribution in [0.25, 0.3) is 0 Å². The summed E-state index contributed by atoms with van der Waals surface area (Å²) < 4.78 is 1.94. The van der Waals surface area contributed by atoms with Crippen LogP contribution in [0.1, 0.15) is 5.56 Å². The first-order chi connectivity index (χ1) is 4.33. The summed E-state index contributed by atoms with van der Waals surface area (Å²) in [5, 5.41) is 0. The first-order valence-electron chi connectivity index (χ1n) is 2.67. The van der Waals surface area contributed by atoms with Crippen LogP contribution < -0.4 is 16.7 Å². The van der Waals surface area contributed by atoms with Gasteiger partial charge in [0.05, 0.1) is 0 Å². The Bertz CT molecular complexity index is 187.